The van der Waals surface area contributed by atoms with E-state index in [-0.39, 0.29) is 0 Å². The molecule has 2 aromatic rings. The standard InChI is InChI=1S/C20H22F3N3O2/c21-20(22,23)17-10-5-4-9-16(17)19(28)25-13-18(27)26(12-6-11-24)14-15-7-2-1-3-8-15/h1-5,7-10H,6,11-14,24H2,(H,25,28). The van der Waals surface area contributed by atoms with Crippen LogP contribution in [0.5, 0.6) is 0 Å². The number of hydrogen-bond acceptors (Lipinski definition) is 3. The molecular formula is C20H22F3N3O2. The van der Waals surface area contributed by atoms with Gasteiger partial charge in [0.05, 0.1) is 17.7 Å². The molecule has 0 spiro atoms. The van der Waals surface area contributed by atoms with Crippen molar-refractivity contribution in [2.45, 2.75) is 19.1 Å². The van der Waals surface area contributed by atoms with Gasteiger partial charge in [0.25, 0.3) is 5.91 Å². The van der Waals surface area contributed by atoms with Crippen LogP contribution in [0.2, 0.25) is 0 Å². The van der Waals surface area contributed by atoms with Gasteiger partial charge in [0.1, 0.15) is 0 Å². The lowest BCUT2D eigenvalue weighted by molar-refractivity contribution is -0.137. The Bertz CT molecular complexity index is 795. The zero-order valence-corrected chi connectivity index (χ0v) is 15.2. The van der Waals surface area contributed by atoms with Gasteiger partial charge in [0.2, 0.25) is 5.91 Å². The molecule has 8 heteroatoms. The van der Waals surface area contributed by atoms with E-state index in [9.17, 15) is 22.8 Å². The molecule has 5 nitrogen and oxygen atoms in total. The molecule has 0 aliphatic heterocycles. The Morgan fingerprint density at radius 1 is 1.00 bits per heavy atom. The van der Waals surface area contributed by atoms with E-state index >= 15 is 0 Å². The Balaban J connectivity index is 2.04. The average Bonchev–Trinajstić information content (AvgIpc) is 2.69. The van der Waals surface area contributed by atoms with Gasteiger partial charge in [-0.15, -0.1) is 0 Å². The van der Waals surface area contributed by atoms with Crippen molar-refractivity contribution in [1.29, 1.82) is 0 Å². The van der Waals surface area contributed by atoms with Crippen LogP contribution in [0.25, 0.3) is 0 Å². The molecule has 0 atom stereocenters. The molecule has 0 fully saturated rings. The second kappa shape index (κ2) is 9.89. The zero-order valence-electron chi connectivity index (χ0n) is 15.2. The fourth-order valence-electron chi connectivity index (χ4n) is 2.67. The van der Waals surface area contributed by atoms with Gasteiger partial charge in [-0.1, -0.05) is 42.5 Å². The molecule has 2 aromatic carbocycles. The predicted octanol–water partition coefficient (Wildman–Crippen LogP) is 2.81. The Hall–Kier alpha value is -2.87. The molecule has 0 aromatic heterocycles. The van der Waals surface area contributed by atoms with E-state index in [2.05, 4.69) is 5.32 Å². The largest absolute Gasteiger partial charge is 0.417 e. The van der Waals surface area contributed by atoms with Crippen molar-refractivity contribution >= 4 is 11.8 Å². The van der Waals surface area contributed by atoms with Crippen LogP contribution < -0.4 is 11.1 Å². The Morgan fingerprint density at radius 2 is 1.64 bits per heavy atom. The Labute approximate surface area is 161 Å². The zero-order chi connectivity index (χ0) is 20.6. The number of amides is 2. The van der Waals surface area contributed by atoms with Crippen molar-refractivity contribution in [3.63, 3.8) is 0 Å². The molecule has 0 heterocycles. The average molecular weight is 393 g/mol. The number of alkyl halides is 3. The number of carbonyl (C=O) groups is 2. The van der Waals surface area contributed by atoms with Gasteiger partial charge in [-0.05, 0) is 30.7 Å². The van der Waals surface area contributed by atoms with E-state index in [4.69, 9.17) is 5.73 Å². The summed E-state index contributed by atoms with van der Waals surface area (Å²) in [6, 6.07) is 13.7. The summed E-state index contributed by atoms with van der Waals surface area (Å²) in [4.78, 5) is 26.3. The van der Waals surface area contributed by atoms with Crippen molar-refractivity contribution in [1.82, 2.24) is 10.2 Å². The van der Waals surface area contributed by atoms with Crippen molar-refractivity contribution in [3.8, 4) is 0 Å². The normalized spacial score (nSPS) is 11.1. The highest BCUT2D eigenvalue weighted by molar-refractivity contribution is 5.97. The molecule has 0 unspecified atom stereocenters. The van der Waals surface area contributed by atoms with Crippen LogP contribution in [0.4, 0.5) is 13.2 Å². The highest BCUT2D eigenvalue weighted by Gasteiger charge is 2.34. The van der Waals surface area contributed by atoms with Gasteiger partial charge in [0.15, 0.2) is 0 Å². The van der Waals surface area contributed by atoms with Gasteiger partial charge in [-0.2, -0.15) is 13.2 Å². The number of rotatable bonds is 8. The third kappa shape index (κ3) is 6.09. The van der Waals surface area contributed by atoms with Crippen molar-refractivity contribution in [3.05, 3.63) is 71.3 Å². The molecule has 2 rings (SSSR count). The van der Waals surface area contributed by atoms with Crippen LogP contribution in [0.3, 0.4) is 0 Å². The summed E-state index contributed by atoms with van der Waals surface area (Å²) >= 11 is 0. The fraction of sp³-hybridized carbons (Fsp3) is 0.300. The summed E-state index contributed by atoms with van der Waals surface area (Å²) in [7, 11) is 0. The lowest BCUT2D eigenvalue weighted by Crippen LogP contribution is -2.41. The second-order valence-corrected chi connectivity index (χ2v) is 6.17. The van der Waals surface area contributed by atoms with E-state index < -0.39 is 35.7 Å². The second-order valence-electron chi connectivity index (χ2n) is 6.17. The van der Waals surface area contributed by atoms with Crippen LogP contribution in [0.1, 0.15) is 27.9 Å². The van der Waals surface area contributed by atoms with Crippen LogP contribution in [-0.4, -0.2) is 36.3 Å². The number of benzene rings is 2. The first-order valence-corrected chi connectivity index (χ1v) is 8.79. The summed E-state index contributed by atoms with van der Waals surface area (Å²) in [6.07, 6.45) is -4.08. The number of nitrogens with two attached hydrogens (primary N) is 1. The summed E-state index contributed by atoms with van der Waals surface area (Å²) < 4.78 is 39.2. The van der Waals surface area contributed by atoms with Crippen LogP contribution in [-0.2, 0) is 17.5 Å². The number of carbonyl (C=O) groups excluding carboxylic acids is 2. The van der Waals surface area contributed by atoms with Crippen molar-refractivity contribution in [2.75, 3.05) is 19.6 Å². The van der Waals surface area contributed by atoms with Crippen molar-refractivity contribution < 1.29 is 22.8 Å². The van der Waals surface area contributed by atoms with Crippen LogP contribution in [0.15, 0.2) is 54.6 Å². The number of nitrogens with zero attached hydrogens (tertiary/aromatic N) is 1. The SMILES string of the molecule is NCCCN(Cc1ccccc1)C(=O)CNC(=O)c1ccccc1C(F)(F)F. The summed E-state index contributed by atoms with van der Waals surface area (Å²) in [5.74, 6) is -1.34. The lowest BCUT2D eigenvalue weighted by Gasteiger charge is -2.23. The van der Waals surface area contributed by atoms with E-state index in [0.29, 0.717) is 26.1 Å². The van der Waals surface area contributed by atoms with Gasteiger partial charge in [-0.25, -0.2) is 0 Å². The quantitative estimate of drug-likeness (QED) is 0.724. The number of hydrogen-bond donors (Lipinski definition) is 2. The van der Waals surface area contributed by atoms with Crippen molar-refractivity contribution in [2.24, 2.45) is 5.73 Å². The maximum absolute atomic E-state index is 13.1. The summed E-state index contributed by atoms with van der Waals surface area (Å²) in [6.45, 7) is 0.709. The fourth-order valence-corrected chi connectivity index (χ4v) is 2.67. The molecule has 0 aliphatic rings. The van der Waals surface area contributed by atoms with Crippen LogP contribution in [0, 0.1) is 0 Å². The Kier molecular flexibility index (Phi) is 7.57. The minimum Gasteiger partial charge on any atom is -0.343 e. The molecule has 0 aliphatic carbocycles. The topological polar surface area (TPSA) is 75.4 Å². The van der Waals surface area contributed by atoms with Gasteiger partial charge in [0, 0.05) is 13.1 Å². The predicted molar refractivity (Wildman–Crippen MR) is 99.3 cm³/mol. The first-order chi connectivity index (χ1) is 13.3. The summed E-state index contributed by atoms with van der Waals surface area (Å²) in [5, 5.41) is 2.29. The van der Waals surface area contributed by atoms with E-state index in [0.717, 1.165) is 17.7 Å². The number of halogens is 3. The van der Waals surface area contributed by atoms with E-state index in [1.165, 1.54) is 17.0 Å². The molecule has 0 saturated heterocycles. The van der Waals surface area contributed by atoms with Crippen LogP contribution >= 0.6 is 0 Å². The molecule has 0 saturated carbocycles. The van der Waals surface area contributed by atoms with E-state index in [1.54, 1.807) is 0 Å². The third-order valence-electron chi connectivity index (χ3n) is 4.08. The molecule has 150 valence electrons. The first kappa shape index (κ1) is 21.4. The minimum atomic E-state index is -4.65. The maximum Gasteiger partial charge on any atom is 0.417 e. The van der Waals surface area contributed by atoms with Gasteiger partial charge < -0.3 is 16.0 Å². The first-order valence-electron chi connectivity index (χ1n) is 8.79. The summed E-state index contributed by atoms with van der Waals surface area (Å²) in [5.41, 5.74) is 4.86. The maximum atomic E-state index is 13.1. The Morgan fingerprint density at radius 3 is 2.29 bits per heavy atom. The lowest BCUT2D eigenvalue weighted by atomic mass is 10.1. The molecule has 3 N–H and O–H groups in total. The smallest absolute Gasteiger partial charge is 0.343 e. The molecule has 0 bridgehead atoms. The monoisotopic (exact) mass is 393 g/mol. The third-order valence-corrected chi connectivity index (χ3v) is 4.08. The molecular weight excluding hydrogens is 371 g/mol. The highest BCUT2D eigenvalue weighted by atomic mass is 19.4. The molecule has 0 radical (unpaired) electrons. The van der Waals surface area contributed by atoms with E-state index in [1.807, 2.05) is 30.3 Å². The molecule has 28 heavy (non-hydrogen) atoms. The van der Waals surface area contributed by atoms with Gasteiger partial charge in [-0.3, -0.25) is 9.59 Å². The number of nitrogens with one attached hydrogen (secondary N) is 1. The highest BCUT2D eigenvalue weighted by Crippen LogP contribution is 2.31. The van der Waals surface area contributed by atoms with Gasteiger partial charge >= 0.3 is 6.18 Å². The molecule has 2 amide bonds. The minimum absolute atomic E-state index is 0.328.